The van der Waals surface area contributed by atoms with Crippen LogP contribution in [0.15, 0.2) is 9.12 Å². The van der Waals surface area contributed by atoms with Crippen molar-refractivity contribution in [3.05, 3.63) is 9.12 Å². The van der Waals surface area contributed by atoms with Gasteiger partial charge in [-0.1, -0.05) is 0 Å². The second kappa shape index (κ2) is 5.23. The average Bonchev–Trinajstić information content (AvgIpc) is 1.63. The molecule has 0 N–H and O–H groups in total. The molecule has 0 spiro atoms. The predicted molar refractivity (Wildman–Crippen MR) is 38.0 cm³/mol. The number of rotatable bonds is 2. The molecule has 0 aliphatic heterocycles. The fraction of sp³-hybridized carbons (Fsp3) is 0.500. The number of nitrogens with zero attached hydrogens (tertiary/aromatic N) is 1. The zero-order chi connectivity index (χ0) is 7.28. The van der Waals surface area contributed by atoms with E-state index in [9.17, 15) is 0 Å². The number of halogens is 2. The Morgan fingerprint density at radius 2 is 2.11 bits per heavy atom. The molecule has 1 nitrogen and oxygen atoms in total. The van der Waals surface area contributed by atoms with Crippen molar-refractivity contribution in [2.45, 2.75) is 0 Å². The van der Waals surface area contributed by atoms with Gasteiger partial charge in [0.15, 0.2) is 0 Å². The molecule has 0 aliphatic carbocycles. The van der Waals surface area contributed by atoms with E-state index in [0.29, 0.717) is 0 Å². The molecule has 9 heavy (non-hydrogen) atoms. The summed E-state index contributed by atoms with van der Waals surface area (Å²) in [6.07, 6.45) is 1.91. The summed E-state index contributed by atoms with van der Waals surface area (Å²) in [6.45, 7) is 0. The fourth-order valence-electron chi connectivity index (χ4n) is 0.379. The minimum absolute atomic E-state index is 0.183. The van der Waals surface area contributed by atoms with E-state index < -0.39 is 0 Å². The normalized spacial score (nSPS) is 11.8. The molecule has 0 aromatic carbocycles. The van der Waals surface area contributed by atoms with E-state index >= 15 is 0 Å². The number of allylic oxidation sites excluding steroid dienone is 1. The van der Waals surface area contributed by atoms with Gasteiger partial charge in [0.2, 0.25) is 0 Å². The topological polar surface area (TPSA) is 3.01 Å². The Hall–Kier alpha value is 0.430. The Bertz CT molecular complexity index is 136. The molecule has 3 heteroatoms. The first kappa shape index (κ1) is 9.43. The van der Waals surface area contributed by atoms with Gasteiger partial charge in [-0.05, 0) is 0 Å². The van der Waals surface area contributed by atoms with Crippen molar-refractivity contribution in [1.29, 1.82) is 0 Å². The van der Waals surface area contributed by atoms with E-state index in [0.717, 1.165) is 5.03 Å². The quantitative estimate of drug-likeness (QED) is 0.237. The molecule has 0 unspecified atom stereocenters. The number of hydrogen-bond acceptors (Lipinski definition) is 0. The molecule has 0 atom stereocenters. The van der Waals surface area contributed by atoms with Crippen LogP contribution in [0.3, 0.4) is 0 Å². The zero-order valence-corrected chi connectivity index (χ0v) is 8.77. The fourth-order valence-corrected chi connectivity index (χ4v) is 1.88. The molecule has 0 radical (unpaired) electrons. The minimum atomic E-state index is 0.183. The van der Waals surface area contributed by atoms with Crippen molar-refractivity contribution in [2.24, 2.45) is 0 Å². The van der Waals surface area contributed by atoms with E-state index in [1.54, 1.807) is 0 Å². The summed E-state index contributed by atoms with van der Waals surface area (Å²) >= 11 is 5.95. The molecule has 0 saturated carbocycles. The van der Waals surface area contributed by atoms with Crippen molar-refractivity contribution >= 4 is 17.8 Å². The Morgan fingerprint density at radius 1 is 1.56 bits per heavy atom. The molecule has 0 aromatic rings. The van der Waals surface area contributed by atoms with E-state index in [1.165, 1.54) is 0 Å². The standard InChI is InChI=1S/C6H11ClIN/c1-8-4-6(7)5-9(2)3/h4-5H,1-3H3/b6-4-. The Balaban J connectivity index is 3.90. The molecule has 0 heterocycles. The average molecular weight is 260 g/mol. The van der Waals surface area contributed by atoms with Crippen molar-refractivity contribution in [2.75, 3.05) is 19.0 Å². The van der Waals surface area contributed by atoms with Crippen LogP contribution in [-0.2, 0) is 0 Å². The van der Waals surface area contributed by atoms with Crippen LogP contribution in [0.2, 0.25) is 0 Å². The summed E-state index contributed by atoms with van der Waals surface area (Å²) in [5.41, 5.74) is 0. The first-order valence-electron chi connectivity index (χ1n) is 2.52. The van der Waals surface area contributed by atoms with E-state index in [1.807, 2.05) is 24.9 Å². The molecule has 0 saturated heterocycles. The monoisotopic (exact) mass is 259 g/mol. The van der Waals surface area contributed by atoms with Crippen LogP contribution in [0.25, 0.3) is 0 Å². The van der Waals surface area contributed by atoms with Crippen LogP contribution < -0.4 is 21.2 Å². The number of hydrogen-bond donors (Lipinski definition) is 0. The zero-order valence-electron chi connectivity index (χ0n) is 5.86. The van der Waals surface area contributed by atoms with Crippen LogP contribution in [0.5, 0.6) is 0 Å². The van der Waals surface area contributed by atoms with Gasteiger partial charge >= 0.3 is 71.7 Å². The Morgan fingerprint density at radius 3 is 2.44 bits per heavy atom. The molecule has 0 aromatic heterocycles. The van der Waals surface area contributed by atoms with Gasteiger partial charge in [0.25, 0.3) is 0 Å². The summed E-state index contributed by atoms with van der Waals surface area (Å²) in [5, 5.41) is 0.857. The third-order valence-electron chi connectivity index (χ3n) is 0.595. The third-order valence-corrected chi connectivity index (χ3v) is 2.46. The van der Waals surface area contributed by atoms with Crippen LogP contribution in [-0.4, -0.2) is 29.8 Å². The summed E-state index contributed by atoms with van der Waals surface area (Å²) in [5.74, 6) is 0. The third kappa shape index (κ3) is 6.31. The van der Waals surface area contributed by atoms with E-state index in [-0.39, 0.29) is 21.2 Å². The summed E-state index contributed by atoms with van der Waals surface area (Å²) < 4.78 is 4.03. The molecule has 0 aliphatic rings. The molecule has 0 amide bonds. The van der Waals surface area contributed by atoms with Crippen molar-refractivity contribution in [1.82, 2.24) is 0 Å². The number of alkyl halides is 1. The van der Waals surface area contributed by atoms with Gasteiger partial charge in [-0.15, -0.1) is 0 Å². The summed E-state index contributed by atoms with van der Waals surface area (Å²) in [4.78, 5) is 2.17. The van der Waals surface area contributed by atoms with Crippen LogP contribution >= 0.6 is 11.6 Å². The summed E-state index contributed by atoms with van der Waals surface area (Å²) in [6, 6.07) is 0. The van der Waals surface area contributed by atoms with Crippen LogP contribution in [0.1, 0.15) is 0 Å². The van der Waals surface area contributed by atoms with Gasteiger partial charge in [-0.25, -0.2) is 0 Å². The van der Waals surface area contributed by atoms with Crippen LogP contribution in [0.4, 0.5) is 0 Å². The molecule has 0 bridgehead atoms. The second-order valence-electron chi connectivity index (χ2n) is 1.80. The van der Waals surface area contributed by atoms with Crippen LogP contribution in [0, 0.1) is 0 Å². The van der Waals surface area contributed by atoms with Crippen molar-refractivity contribution in [3.8, 4) is 0 Å². The van der Waals surface area contributed by atoms with Gasteiger partial charge < -0.3 is 0 Å². The molecular formula is C6H11ClIN. The molecule has 0 fully saturated rings. The van der Waals surface area contributed by atoms with E-state index in [4.69, 9.17) is 11.6 Å². The first-order valence-corrected chi connectivity index (χ1v) is 6.30. The predicted octanol–water partition coefficient (Wildman–Crippen LogP) is -1.87. The van der Waals surface area contributed by atoms with Gasteiger partial charge in [-0.3, -0.25) is 0 Å². The van der Waals surface area contributed by atoms with Gasteiger partial charge in [-0.2, -0.15) is 0 Å². The summed E-state index contributed by atoms with van der Waals surface area (Å²) in [7, 11) is 3.92. The van der Waals surface area contributed by atoms with Crippen molar-refractivity contribution in [3.63, 3.8) is 0 Å². The second-order valence-corrected chi connectivity index (χ2v) is 4.11. The Labute approximate surface area is 71.7 Å². The first-order chi connectivity index (χ1) is 4.16. The van der Waals surface area contributed by atoms with Gasteiger partial charge in [0.05, 0.1) is 0 Å². The van der Waals surface area contributed by atoms with E-state index in [2.05, 4.69) is 9.01 Å². The molecule has 54 valence electrons. The maximum absolute atomic E-state index is 5.77. The van der Waals surface area contributed by atoms with Crippen molar-refractivity contribution < 1.29 is 25.8 Å². The van der Waals surface area contributed by atoms with Gasteiger partial charge in [0, 0.05) is 0 Å². The SMILES string of the molecule is C[I-]/C=C(\Cl)C=[N+](C)C. The Kier molecular flexibility index (Phi) is 5.48. The maximum atomic E-state index is 5.77. The molecular weight excluding hydrogens is 248 g/mol. The van der Waals surface area contributed by atoms with Gasteiger partial charge in [0.1, 0.15) is 0 Å². The molecule has 0 rings (SSSR count).